The fourth-order valence-corrected chi connectivity index (χ4v) is 3.30. The van der Waals surface area contributed by atoms with Crippen LogP contribution in [0.2, 0.25) is 0 Å². The van der Waals surface area contributed by atoms with Crippen molar-refractivity contribution >= 4 is 33.4 Å². The molecule has 1 aliphatic rings. The second-order valence-electron chi connectivity index (χ2n) is 6.44. The molecule has 0 bridgehead atoms. The molecule has 0 aliphatic carbocycles. The van der Waals surface area contributed by atoms with E-state index in [-0.39, 0.29) is 5.91 Å². The molecule has 4 nitrogen and oxygen atoms in total. The van der Waals surface area contributed by atoms with Crippen LogP contribution in [-0.4, -0.2) is 43.0 Å². The Balaban J connectivity index is 1.99. The number of rotatable bonds is 3. The van der Waals surface area contributed by atoms with Gasteiger partial charge in [-0.2, -0.15) is 0 Å². The van der Waals surface area contributed by atoms with Gasteiger partial charge in [-0.05, 0) is 45.3 Å². The van der Waals surface area contributed by atoms with Crippen molar-refractivity contribution in [3.05, 3.63) is 47.5 Å². The lowest BCUT2D eigenvalue weighted by atomic mass is 10.0. The van der Waals surface area contributed by atoms with E-state index in [1.807, 2.05) is 56.3 Å². The van der Waals surface area contributed by atoms with Crippen LogP contribution in [0.5, 0.6) is 0 Å². The second kappa shape index (κ2) is 5.03. The van der Waals surface area contributed by atoms with Crippen LogP contribution in [-0.2, 0) is 0 Å². The van der Waals surface area contributed by atoms with Crippen LogP contribution in [0.4, 0.5) is 5.69 Å². The van der Waals surface area contributed by atoms with Crippen LogP contribution in [0.15, 0.2) is 36.4 Å². The number of anilines is 1. The zero-order chi connectivity index (χ0) is 16.1. The van der Waals surface area contributed by atoms with Crippen LogP contribution in [0, 0.1) is 6.92 Å². The second-order valence-corrected chi connectivity index (χ2v) is 6.44. The van der Waals surface area contributed by atoms with Gasteiger partial charge in [0.15, 0.2) is 0 Å². The highest BCUT2D eigenvalue weighted by Crippen LogP contribution is 2.40. The molecular formula is C19H19N3O. The minimum absolute atomic E-state index is 0.0936. The fraction of sp³-hybridized carbons (Fsp3) is 0.263. The molecule has 116 valence electrons. The maximum Gasteiger partial charge on any atom is 0.259 e. The molecule has 0 atom stereocenters. The summed E-state index contributed by atoms with van der Waals surface area (Å²) in [6, 6.07) is 12.1. The molecule has 1 amide bonds. The van der Waals surface area contributed by atoms with Crippen LogP contribution in [0.1, 0.15) is 15.9 Å². The first-order chi connectivity index (χ1) is 11.1. The summed E-state index contributed by atoms with van der Waals surface area (Å²) in [4.78, 5) is 21.8. The van der Waals surface area contributed by atoms with E-state index in [2.05, 4.69) is 11.0 Å². The minimum atomic E-state index is 0.0936. The Kier molecular flexibility index (Phi) is 3.10. The highest BCUT2D eigenvalue weighted by Gasteiger charge is 2.32. The number of hydrogen-bond acceptors (Lipinski definition) is 3. The molecule has 0 N–H and O–H groups in total. The molecule has 0 saturated heterocycles. The van der Waals surface area contributed by atoms with Gasteiger partial charge in [-0.3, -0.25) is 4.79 Å². The Morgan fingerprint density at radius 3 is 2.74 bits per heavy atom. The number of carbonyl (C=O) groups excluding carboxylic acids is 1. The monoisotopic (exact) mass is 305 g/mol. The van der Waals surface area contributed by atoms with Crippen molar-refractivity contribution in [3.8, 4) is 0 Å². The average molecular weight is 305 g/mol. The summed E-state index contributed by atoms with van der Waals surface area (Å²) in [6.45, 7) is 3.57. The molecule has 0 spiro atoms. The van der Waals surface area contributed by atoms with Gasteiger partial charge in [-0.15, -0.1) is 0 Å². The third kappa shape index (κ3) is 2.10. The van der Waals surface area contributed by atoms with Crippen molar-refractivity contribution in [1.29, 1.82) is 0 Å². The Labute approximate surface area is 135 Å². The van der Waals surface area contributed by atoms with Crippen LogP contribution < -0.4 is 4.90 Å². The molecule has 4 rings (SSSR count). The highest BCUT2D eigenvalue weighted by atomic mass is 16.2. The lowest BCUT2D eigenvalue weighted by molar-refractivity contribution is 0.0993. The Hall–Kier alpha value is -2.46. The number of hydrogen-bond donors (Lipinski definition) is 0. The van der Waals surface area contributed by atoms with E-state index in [0.717, 1.165) is 45.2 Å². The number of aromatic nitrogens is 1. The van der Waals surface area contributed by atoms with Crippen molar-refractivity contribution in [2.75, 3.05) is 32.1 Å². The van der Waals surface area contributed by atoms with Gasteiger partial charge < -0.3 is 9.80 Å². The number of pyridine rings is 1. The molecule has 2 heterocycles. The summed E-state index contributed by atoms with van der Waals surface area (Å²) in [6.07, 6.45) is 0. The predicted molar refractivity (Wildman–Crippen MR) is 94.2 cm³/mol. The quantitative estimate of drug-likeness (QED) is 0.697. The molecule has 0 fully saturated rings. The van der Waals surface area contributed by atoms with Crippen LogP contribution in [0.3, 0.4) is 0 Å². The van der Waals surface area contributed by atoms with E-state index in [1.165, 1.54) is 0 Å². The normalized spacial score (nSPS) is 13.7. The lowest BCUT2D eigenvalue weighted by Crippen LogP contribution is -2.34. The number of fused-ring (bicyclic) bond motifs is 2. The largest absolute Gasteiger partial charge is 0.308 e. The number of nitrogens with zero attached hydrogens (tertiary/aromatic N) is 3. The van der Waals surface area contributed by atoms with Gasteiger partial charge >= 0.3 is 0 Å². The lowest BCUT2D eigenvalue weighted by Gasteiger charge is -2.20. The summed E-state index contributed by atoms with van der Waals surface area (Å²) in [5.41, 5.74) is 4.72. The summed E-state index contributed by atoms with van der Waals surface area (Å²) < 4.78 is 0. The molecule has 23 heavy (non-hydrogen) atoms. The van der Waals surface area contributed by atoms with Crippen molar-refractivity contribution in [3.63, 3.8) is 0 Å². The molecule has 3 aromatic rings. The van der Waals surface area contributed by atoms with E-state index < -0.39 is 0 Å². The first-order valence-electron chi connectivity index (χ1n) is 7.86. The number of carbonyl (C=O) groups is 1. The third-order valence-electron chi connectivity index (χ3n) is 4.45. The summed E-state index contributed by atoms with van der Waals surface area (Å²) in [7, 11) is 4.04. The number of likely N-dealkylation sites (N-methyl/N-ethyl adjacent to an activating group) is 1. The SMILES string of the molecule is Cc1ccc2nc3cccc4c3c(c2c1)C(=O)N4CCN(C)C. The first kappa shape index (κ1) is 14.2. The van der Waals surface area contributed by atoms with Gasteiger partial charge in [0.05, 0.1) is 22.3 Å². The molecule has 0 radical (unpaired) electrons. The standard InChI is InChI=1S/C19H19N3O/c1-12-7-8-14-13(11-12)17-18-15(20-14)5-4-6-16(18)22(19(17)23)10-9-21(2)3/h4-8,11H,9-10H2,1-3H3. The van der Waals surface area contributed by atoms with Gasteiger partial charge in [-0.1, -0.05) is 17.7 Å². The zero-order valence-electron chi connectivity index (χ0n) is 13.6. The van der Waals surface area contributed by atoms with Gasteiger partial charge in [0.1, 0.15) is 0 Å². The van der Waals surface area contributed by atoms with E-state index >= 15 is 0 Å². The van der Waals surface area contributed by atoms with Gasteiger partial charge in [0, 0.05) is 23.9 Å². The van der Waals surface area contributed by atoms with E-state index in [1.54, 1.807) is 0 Å². The number of aryl methyl sites for hydroxylation is 1. The van der Waals surface area contributed by atoms with Crippen molar-refractivity contribution in [2.24, 2.45) is 0 Å². The maximum absolute atomic E-state index is 13.1. The first-order valence-corrected chi connectivity index (χ1v) is 7.86. The predicted octanol–water partition coefficient (Wildman–Crippen LogP) is 3.22. The highest BCUT2D eigenvalue weighted by molar-refractivity contribution is 6.30. The Morgan fingerprint density at radius 1 is 1.13 bits per heavy atom. The van der Waals surface area contributed by atoms with Crippen LogP contribution >= 0.6 is 0 Å². The van der Waals surface area contributed by atoms with Crippen LogP contribution in [0.25, 0.3) is 21.8 Å². The van der Waals surface area contributed by atoms with Gasteiger partial charge in [0.2, 0.25) is 0 Å². The van der Waals surface area contributed by atoms with E-state index in [4.69, 9.17) is 4.98 Å². The number of benzene rings is 2. The molecule has 0 saturated carbocycles. The third-order valence-corrected chi connectivity index (χ3v) is 4.45. The van der Waals surface area contributed by atoms with Gasteiger partial charge in [0.25, 0.3) is 5.91 Å². The van der Waals surface area contributed by atoms with Crippen molar-refractivity contribution < 1.29 is 4.79 Å². The molecule has 0 unspecified atom stereocenters. The molecule has 2 aromatic carbocycles. The van der Waals surface area contributed by atoms with Crippen molar-refractivity contribution in [2.45, 2.75) is 6.92 Å². The molecular weight excluding hydrogens is 286 g/mol. The smallest absolute Gasteiger partial charge is 0.259 e. The van der Waals surface area contributed by atoms with Crippen molar-refractivity contribution in [1.82, 2.24) is 9.88 Å². The fourth-order valence-electron chi connectivity index (χ4n) is 3.30. The number of amides is 1. The molecule has 1 aromatic heterocycles. The van der Waals surface area contributed by atoms with Gasteiger partial charge in [-0.25, -0.2) is 4.98 Å². The molecule has 1 aliphatic heterocycles. The molecule has 4 heteroatoms. The van der Waals surface area contributed by atoms with E-state index in [9.17, 15) is 4.79 Å². The summed E-state index contributed by atoms with van der Waals surface area (Å²) in [5.74, 6) is 0.0936. The zero-order valence-corrected chi connectivity index (χ0v) is 13.6. The Morgan fingerprint density at radius 2 is 1.96 bits per heavy atom. The van der Waals surface area contributed by atoms with E-state index in [0.29, 0.717) is 6.54 Å². The Bertz CT molecular complexity index is 946. The average Bonchev–Trinajstić information content (AvgIpc) is 2.80. The minimum Gasteiger partial charge on any atom is -0.308 e. The summed E-state index contributed by atoms with van der Waals surface area (Å²) in [5, 5.41) is 1.96. The maximum atomic E-state index is 13.1. The summed E-state index contributed by atoms with van der Waals surface area (Å²) >= 11 is 0. The topological polar surface area (TPSA) is 36.4 Å².